The molecule has 1 heterocycles. The van der Waals surface area contributed by atoms with Gasteiger partial charge in [0.15, 0.2) is 5.54 Å². The van der Waals surface area contributed by atoms with E-state index in [1.165, 1.54) is 4.90 Å². The molecule has 0 aromatic rings. The van der Waals surface area contributed by atoms with Crippen molar-refractivity contribution in [2.45, 2.75) is 25.8 Å². The third-order valence-electron chi connectivity index (χ3n) is 2.83. The lowest BCUT2D eigenvalue weighted by molar-refractivity contribution is -0.948. The van der Waals surface area contributed by atoms with E-state index in [0.29, 0.717) is 0 Å². The van der Waals surface area contributed by atoms with Gasteiger partial charge in [0.05, 0.1) is 13.2 Å². The van der Waals surface area contributed by atoms with E-state index < -0.39 is 0 Å². The molecule has 3 heteroatoms. The van der Waals surface area contributed by atoms with Gasteiger partial charge in [-0.25, -0.2) is 0 Å². The molecule has 1 saturated heterocycles. The highest BCUT2D eigenvalue weighted by Crippen LogP contribution is 2.02. The molecule has 1 aliphatic heterocycles. The molecular formula is C9H17N2O+. The van der Waals surface area contributed by atoms with E-state index >= 15 is 0 Å². The molecule has 0 radical (unpaired) electrons. The van der Waals surface area contributed by atoms with Gasteiger partial charge in [-0.3, -0.25) is 0 Å². The van der Waals surface area contributed by atoms with Gasteiger partial charge >= 0.3 is 0 Å². The van der Waals surface area contributed by atoms with Crippen molar-refractivity contribution in [1.82, 2.24) is 0 Å². The molecule has 1 aliphatic rings. The monoisotopic (exact) mass is 169 g/mol. The van der Waals surface area contributed by atoms with Crippen LogP contribution in [0.15, 0.2) is 0 Å². The molecule has 0 amide bonds. The van der Waals surface area contributed by atoms with E-state index in [2.05, 4.69) is 13.0 Å². The third-order valence-corrected chi connectivity index (χ3v) is 2.83. The Morgan fingerprint density at radius 3 is 2.50 bits per heavy atom. The molecular weight excluding hydrogens is 152 g/mol. The fourth-order valence-electron chi connectivity index (χ4n) is 1.58. The molecule has 0 unspecified atom stereocenters. The van der Waals surface area contributed by atoms with Crippen LogP contribution in [-0.4, -0.2) is 31.8 Å². The molecule has 12 heavy (non-hydrogen) atoms. The predicted molar refractivity (Wildman–Crippen MR) is 45.8 cm³/mol. The van der Waals surface area contributed by atoms with Crippen LogP contribution in [-0.2, 0) is 4.74 Å². The van der Waals surface area contributed by atoms with Crippen LogP contribution in [0.4, 0.5) is 0 Å². The summed E-state index contributed by atoms with van der Waals surface area (Å²) in [5.74, 6) is 0. The van der Waals surface area contributed by atoms with Gasteiger partial charge in [-0.1, -0.05) is 6.92 Å². The van der Waals surface area contributed by atoms with Crippen molar-refractivity contribution < 1.29 is 9.64 Å². The zero-order valence-corrected chi connectivity index (χ0v) is 7.89. The number of quaternary nitrogens is 1. The summed E-state index contributed by atoms with van der Waals surface area (Å²) in [6.07, 6.45) is 0.916. The predicted octanol–water partition coefficient (Wildman–Crippen LogP) is -0.406. The van der Waals surface area contributed by atoms with Crippen molar-refractivity contribution in [3.05, 3.63) is 0 Å². The maximum atomic E-state index is 9.03. The van der Waals surface area contributed by atoms with Crippen molar-refractivity contribution in [1.29, 1.82) is 5.26 Å². The maximum absolute atomic E-state index is 9.03. The maximum Gasteiger partial charge on any atom is 0.181 e. The fraction of sp³-hybridized carbons (Fsp3) is 0.889. The fourth-order valence-corrected chi connectivity index (χ4v) is 1.58. The Kier molecular flexibility index (Phi) is 3.07. The van der Waals surface area contributed by atoms with Gasteiger partial charge in [0, 0.05) is 13.3 Å². The Hall–Kier alpha value is -0.590. The van der Waals surface area contributed by atoms with Gasteiger partial charge in [-0.15, -0.1) is 0 Å². The number of nitrogens with one attached hydrogen (secondary N) is 1. The number of ether oxygens (including phenoxy) is 1. The molecule has 0 saturated carbocycles. The molecule has 1 fully saturated rings. The van der Waals surface area contributed by atoms with Gasteiger partial charge in [0.25, 0.3) is 0 Å². The summed E-state index contributed by atoms with van der Waals surface area (Å²) in [7, 11) is 0. The summed E-state index contributed by atoms with van der Waals surface area (Å²) < 4.78 is 5.25. The smallest absolute Gasteiger partial charge is 0.181 e. The first-order valence-corrected chi connectivity index (χ1v) is 4.57. The Morgan fingerprint density at radius 2 is 2.08 bits per heavy atom. The molecule has 1 atom stereocenters. The Morgan fingerprint density at radius 1 is 1.50 bits per heavy atom. The van der Waals surface area contributed by atoms with Crippen molar-refractivity contribution in [3.8, 4) is 6.07 Å². The van der Waals surface area contributed by atoms with Gasteiger partial charge in [-0.2, -0.15) is 5.26 Å². The second-order valence-corrected chi connectivity index (χ2v) is 3.51. The first-order valence-electron chi connectivity index (χ1n) is 4.57. The highest BCUT2D eigenvalue weighted by atomic mass is 16.5. The summed E-state index contributed by atoms with van der Waals surface area (Å²) in [6, 6.07) is 2.41. The topological polar surface area (TPSA) is 37.5 Å². The largest absolute Gasteiger partial charge is 0.370 e. The van der Waals surface area contributed by atoms with Crippen LogP contribution in [0.3, 0.4) is 0 Å². The molecule has 1 rings (SSSR count). The molecule has 0 spiro atoms. The molecule has 0 aromatic carbocycles. The van der Waals surface area contributed by atoms with E-state index in [-0.39, 0.29) is 5.54 Å². The van der Waals surface area contributed by atoms with Crippen molar-refractivity contribution >= 4 is 0 Å². The summed E-state index contributed by atoms with van der Waals surface area (Å²) in [4.78, 5) is 1.37. The van der Waals surface area contributed by atoms with E-state index in [1.54, 1.807) is 0 Å². The average Bonchev–Trinajstić information content (AvgIpc) is 2.18. The number of nitriles is 1. The van der Waals surface area contributed by atoms with E-state index in [0.717, 1.165) is 32.7 Å². The first-order chi connectivity index (χ1) is 5.73. The van der Waals surface area contributed by atoms with E-state index in [1.807, 2.05) is 6.92 Å². The zero-order valence-electron chi connectivity index (χ0n) is 7.89. The van der Waals surface area contributed by atoms with Crippen LogP contribution in [0.25, 0.3) is 0 Å². The zero-order chi connectivity index (χ0) is 9.03. The summed E-state index contributed by atoms with van der Waals surface area (Å²) in [5, 5.41) is 9.03. The van der Waals surface area contributed by atoms with Crippen LogP contribution in [0.1, 0.15) is 20.3 Å². The van der Waals surface area contributed by atoms with Crippen LogP contribution in [0.2, 0.25) is 0 Å². The van der Waals surface area contributed by atoms with Gasteiger partial charge < -0.3 is 9.64 Å². The van der Waals surface area contributed by atoms with Crippen LogP contribution in [0, 0.1) is 11.3 Å². The van der Waals surface area contributed by atoms with Gasteiger partial charge in [-0.05, 0) is 0 Å². The molecule has 0 bridgehead atoms. The molecule has 0 aromatic heterocycles. The van der Waals surface area contributed by atoms with Gasteiger partial charge in [0.2, 0.25) is 0 Å². The second-order valence-electron chi connectivity index (χ2n) is 3.51. The second kappa shape index (κ2) is 3.88. The summed E-state index contributed by atoms with van der Waals surface area (Å²) in [5.41, 5.74) is -0.205. The van der Waals surface area contributed by atoms with Crippen LogP contribution in [0.5, 0.6) is 0 Å². The number of hydrogen-bond acceptors (Lipinski definition) is 2. The number of nitrogens with zero attached hydrogens (tertiary/aromatic N) is 1. The molecule has 1 N–H and O–H groups in total. The first kappa shape index (κ1) is 9.50. The van der Waals surface area contributed by atoms with Crippen LogP contribution < -0.4 is 4.90 Å². The highest BCUT2D eigenvalue weighted by molar-refractivity contribution is 4.95. The van der Waals surface area contributed by atoms with E-state index in [4.69, 9.17) is 10.00 Å². The molecule has 0 aliphatic carbocycles. The standard InChI is InChI=1S/C9H16N2O/c1-3-9(2,8-10)11-4-6-12-7-5-11/h3-7H2,1-2H3/p+1/t9-/m1/s1. The number of morpholine rings is 1. The average molecular weight is 169 g/mol. The van der Waals surface area contributed by atoms with Crippen molar-refractivity contribution in [3.63, 3.8) is 0 Å². The Balaban J connectivity index is 2.59. The SMILES string of the molecule is CC[C@](C)(C#N)[NH+]1CCOCC1. The summed E-state index contributed by atoms with van der Waals surface area (Å²) in [6.45, 7) is 7.65. The Labute approximate surface area is 73.9 Å². The lowest BCUT2D eigenvalue weighted by Crippen LogP contribution is -3.21. The minimum atomic E-state index is -0.205. The third kappa shape index (κ3) is 1.77. The lowest BCUT2D eigenvalue weighted by atomic mass is 9.98. The minimum absolute atomic E-state index is 0.205. The molecule has 3 nitrogen and oxygen atoms in total. The van der Waals surface area contributed by atoms with Crippen molar-refractivity contribution in [2.75, 3.05) is 26.3 Å². The lowest BCUT2D eigenvalue weighted by Gasteiger charge is -2.34. The highest BCUT2D eigenvalue weighted by Gasteiger charge is 2.34. The van der Waals surface area contributed by atoms with Crippen molar-refractivity contribution in [2.24, 2.45) is 0 Å². The van der Waals surface area contributed by atoms with Crippen LogP contribution >= 0.6 is 0 Å². The number of rotatable bonds is 2. The summed E-state index contributed by atoms with van der Waals surface area (Å²) >= 11 is 0. The van der Waals surface area contributed by atoms with E-state index in [9.17, 15) is 0 Å². The minimum Gasteiger partial charge on any atom is -0.370 e. The van der Waals surface area contributed by atoms with Gasteiger partial charge in [0.1, 0.15) is 19.2 Å². The molecule has 68 valence electrons. The quantitative estimate of drug-likeness (QED) is 0.610. The normalized spacial score (nSPS) is 24.4. The Bertz CT molecular complexity index is 181. The number of hydrogen-bond donors (Lipinski definition) is 1.